The number of carbonyl (C=O) groups is 1. The Morgan fingerprint density at radius 3 is 2.46 bits per heavy atom. The predicted molar refractivity (Wildman–Crippen MR) is 117 cm³/mol. The molecule has 1 aromatic rings. The van der Waals surface area contributed by atoms with Gasteiger partial charge in [-0.05, 0) is 37.7 Å². The molecule has 0 fully saturated rings. The topological polar surface area (TPSA) is 37.3 Å². The van der Waals surface area contributed by atoms with E-state index in [4.69, 9.17) is 0 Å². The Morgan fingerprint density at radius 2 is 1.86 bits per heavy atom. The highest BCUT2D eigenvalue weighted by Crippen LogP contribution is 2.62. The van der Waals surface area contributed by atoms with Crippen LogP contribution in [-0.4, -0.2) is 11.1 Å². The van der Waals surface area contributed by atoms with Gasteiger partial charge in [0.2, 0.25) is 0 Å². The van der Waals surface area contributed by atoms with E-state index in [0.29, 0.717) is 5.92 Å². The molecule has 2 aliphatic rings. The minimum Gasteiger partial charge on any atom is -0.481 e. The van der Waals surface area contributed by atoms with Crippen molar-refractivity contribution in [3.63, 3.8) is 0 Å². The third-order valence-electron chi connectivity index (χ3n) is 7.09. The minimum atomic E-state index is -0.874. The fourth-order valence-electron chi connectivity index (χ4n) is 5.45. The Morgan fingerprint density at radius 1 is 1.18 bits per heavy atom. The molecule has 2 aliphatic carbocycles. The van der Waals surface area contributed by atoms with E-state index >= 15 is 0 Å². The van der Waals surface area contributed by atoms with Crippen molar-refractivity contribution in [1.29, 1.82) is 0 Å². The first-order valence-electron chi connectivity index (χ1n) is 10.3. The average Bonchev–Trinajstić information content (AvgIpc) is 3.01. The van der Waals surface area contributed by atoms with E-state index in [2.05, 4.69) is 64.1 Å². The lowest BCUT2D eigenvalue weighted by molar-refractivity contribution is -0.158. The second-order valence-corrected chi connectivity index (χ2v) is 8.77. The van der Waals surface area contributed by atoms with Crippen molar-refractivity contribution in [3.8, 4) is 0 Å². The smallest absolute Gasteiger partial charge is 0.311 e. The fourth-order valence-corrected chi connectivity index (χ4v) is 5.45. The van der Waals surface area contributed by atoms with Crippen molar-refractivity contribution < 1.29 is 9.90 Å². The molecule has 0 heterocycles. The van der Waals surface area contributed by atoms with Gasteiger partial charge < -0.3 is 5.11 Å². The highest BCUT2D eigenvalue weighted by molar-refractivity contribution is 5.78. The third-order valence-corrected chi connectivity index (χ3v) is 7.09. The molecule has 3 rings (SSSR count). The lowest BCUT2D eigenvalue weighted by atomic mass is 9.50. The molecule has 0 saturated heterocycles. The van der Waals surface area contributed by atoms with E-state index in [1.54, 1.807) is 0 Å². The Balaban J connectivity index is 2.01. The highest BCUT2D eigenvalue weighted by Gasteiger charge is 2.60. The lowest BCUT2D eigenvalue weighted by Crippen LogP contribution is -2.53. The minimum absolute atomic E-state index is 0.0442. The zero-order valence-electron chi connectivity index (χ0n) is 17.6. The Bertz CT molecular complexity index is 858. The van der Waals surface area contributed by atoms with Crippen LogP contribution < -0.4 is 0 Å². The van der Waals surface area contributed by atoms with Gasteiger partial charge in [0, 0.05) is 11.3 Å². The van der Waals surface area contributed by atoms with E-state index in [9.17, 15) is 9.90 Å². The number of fused-ring (bicyclic) bond motifs is 1. The van der Waals surface area contributed by atoms with Gasteiger partial charge in [-0.25, -0.2) is 0 Å². The van der Waals surface area contributed by atoms with Gasteiger partial charge in [0.25, 0.3) is 0 Å². The third kappa shape index (κ3) is 3.19. The largest absolute Gasteiger partial charge is 0.481 e. The molecule has 0 aromatic heterocycles. The molecule has 0 radical (unpaired) electrons. The van der Waals surface area contributed by atoms with Crippen LogP contribution in [0.4, 0.5) is 0 Å². The van der Waals surface area contributed by atoms with Gasteiger partial charge >= 0.3 is 5.97 Å². The molecule has 2 nitrogen and oxygen atoms in total. The van der Waals surface area contributed by atoms with Crippen LogP contribution in [0.15, 0.2) is 71.9 Å². The van der Waals surface area contributed by atoms with Gasteiger partial charge in [0.15, 0.2) is 0 Å². The van der Waals surface area contributed by atoms with Crippen molar-refractivity contribution in [2.75, 3.05) is 0 Å². The van der Waals surface area contributed by atoms with Crippen LogP contribution in [0.3, 0.4) is 0 Å². The average molecular weight is 377 g/mol. The molecule has 148 valence electrons. The number of benzene rings is 1. The van der Waals surface area contributed by atoms with Crippen LogP contribution >= 0.6 is 0 Å². The molecule has 2 heteroatoms. The van der Waals surface area contributed by atoms with Crippen molar-refractivity contribution in [2.24, 2.45) is 28.6 Å². The quantitative estimate of drug-likeness (QED) is 0.468. The maximum atomic E-state index is 12.7. The summed E-state index contributed by atoms with van der Waals surface area (Å²) in [5.41, 5.74) is 2.32. The number of hydrogen-bond donors (Lipinski definition) is 1. The zero-order valence-corrected chi connectivity index (χ0v) is 17.6. The monoisotopic (exact) mass is 376 g/mol. The Labute approximate surface area is 169 Å². The first-order valence-corrected chi connectivity index (χ1v) is 10.3. The normalized spacial score (nSPS) is 35.1. The van der Waals surface area contributed by atoms with Crippen LogP contribution in [0.5, 0.6) is 0 Å². The molecule has 0 saturated carbocycles. The molecule has 5 atom stereocenters. The molecule has 0 unspecified atom stereocenters. The number of hydrogen-bond acceptors (Lipinski definition) is 1. The summed E-state index contributed by atoms with van der Waals surface area (Å²) in [6.45, 7) is 10.6. The molecule has 0 aliphatic heterocycles. The van der Waals surface area contributed by atoms with Gasteiger partial charge in [-0.3, -0.25) is 4.79 Å². The van der Waals surface area contributed by atoms with E-state index in [1.165, 1.54) is 11.1 Å². The maximum absolute atomic E-state index is 12.7. The zero-order chi connectivity index (χ0) is 20.5. The van der Waals surface area contributed by atoms with Crippen molar-refractivity contribution >= 4 is 12.0 Å². The number of rotatable bonds is 5. The molecular formula is C26H32O2. The number of aliphatic carboxylic acids is 1. The van der Waals surface area contributed by atoms with Crippen molar-refractivity contribution in [3.05, 3.63) is 77.4 Å². The van der Waals surface area contributed by atoms with Gasteiger partial charge in [-0.2, -0.15) is 0 Å². The number of allylic oxidation sites excluding steroid dienone is 7. The molecule has 0 bridgehead atoms. The summed E-state index contributed by atoms with van der Waals surface area (Å²) in [6, 6.07) is 10.1. The molecule has 1 N–H and O–H groups in total. The van der Waals surface area contributed by atoms with Crippen LogP contribution in [0.25, 0.3) is 6.08 Å². The second-order valence-electron chi connectivity index (χ2n) is 8.77. The second kappa shape index (κ2) is 7.58. The van der Waals surface area contributed by atoms with Crippen LogP contribution in [0, 0.1) is 28.6 Å². The lowest BCUT2D eigenvalue weighted by Gasteiger charge is -2.51. The predicted octanol–water partition coefficient (Wildman–Crippen LogP) is 6.53. The van der Waals surface area contributed by atoms with E-state index in [1.807, 2.05) is 37.3 Å². The van der Waals surface area contributed by atoms with Crippen LogP contribution in [0.1, 0.15) is 46.6 Å². The Kier molecular flexibility index (Phi) is 5.52. The number of carboxylic acid groups (broad SMARTS) is 1. The van der Waals surface area contributed by atoms with Crippen LogP contribution in [-0.2, 0) is 4.79 Å². The molecular weight excluding hydrogens is 344 g/mol. The van der Waals surface area contributed by atoms with E-state index in [-0.39, 0.29) is 11.8 Å². The maximum Gasteiger partial charge on any atom is 0.311 e. The van der Waals surface area contributed by atoms with E-state index < -0.39 is 16.8 Å². The van der Waals surface area contributed by atoms with Crippen molar-refractivity contribution in [1.82, 2.24) is 0 Å². The summed E-state index contributed by atoms with van der Waals surface area (Å²) >= 11 is 0. The first kappa shape index (κ1) is 20.4. The van der Waals surface area contributed by atoms with Gasteiger partial charge in [0.1, 0.15) is 0 Å². The highest BCUT2D eigenvalue weighted by atomic mass is 16.4. The molecule has 0 amide bonds. The summed E-state index contributed by atoms with van der Waals surface area (Å²) in [4.78, 5) is 12.7. The summed E-state index contributed by atoms with van der Waals surface area (Å²) in [5, 5.41) is 10.4. The molecule has 0 spiro atoms. The standard InChI is InChI=1S/C26H32O2/c1-6-21-16-18(2)22-19(3)17-25(4,26(5,23(21)22)24(27)28)15-11-10-14-20-12-8-7-9-13-20/h7-18,22-23H,6H2,1-5H3,(H,27,28)/b14-10+,15-11+/t18-,22-,23+,25+,26+/m1/s1. The summed E-state index contributed by atoms with van der Waals surface area (Å²) in [6.07, 6.45) is 13.6. The SMILES string of the molecule is CCC1=C[C@@H](C)[C@@H]2C(C)=C[C@](C)(/C=C/C=C/c3ccccc3)[C@](C)(C(=O)O)[C@@H]12. The van der Waals surface area contributed by atoms with Gasteiger partial charge in [0.05, 0.1) is 5.41 Å². The summed E-state index contributed by atoms with van der Waals surface area (Å²) in [5.74, 6) is 0.0143. The van der Waals surface area contributed by atoms with E-state index in [0.717, 1.165) is 12.0 Å². The van der Waals surface area contributed by atoms with Gasteiger partial charge in [-0.1, -0.05) is 98.7 Å². The van der Waals surface area contributed by atoms with Crippen LogP contribution in [0.2, 0.25) is 0 Å². The van der Waals surface area contributed by atoms with Gasteiger partial charge in [-0.15, -0.1) is 0 Å². The fraction of sp³-hybridized carbons (Fsp3) is 0.423. The molecule has 28 heavy (non-hydrogen) atoms. The summed E-state index contributed by atoms with van der Waals surface area (Å²) < 4.78 is 0. The Hall–Kier alpha value is -2.35. The first-order chi connectivity index (χ1) is 13.2. The number of carboxylic acids is 1. The summed E-state index contributed by atoms with van der Waals surface area (Å²) in [7, 11) is 0. The molecule has 1 aromatic carbocycles. The van der Waals surface area contributed by atoms with Crippen molar-refractivity contribution in [2.45, 2.75) is 41.0 Å².